The number of rotatable bonds is 10. The Morgan fingerprint density at radius 1 is 1.05 bits per heavy atom. The molecule has 12 heteroatoms. The number of anilines is 1. The van der Waals surface area contributed by atoms with E-state index in [1.165, 1.54) is 10.5 Å². The number of aryl methyl sites for hydroxylation is 1. The van der Waals surface area contributed by atoms with Gasteiger partial charge in [-0.1, -0.05) is 12.1 Å². The van der Waals surface area contributed by atoms with Crippen molar-refractivity contribution in [1.29, 1.82) is 0 Å². The maximum absolute atomic E-state index is 12.7. The molecule has 1 unspecified atom stereocenters. The minimum Gasteiger partial charge on any atom is -0.497 e. The number of methoxy groups -OCH3 is 1. The van der Waals surface area contributed by atoms with Gasteiger partial charge in [0.1, 0.15) is 11.3 Å². The molecule has 3 aromatic heterocycles. The smallest absolute Gasteiger partial charge is 0.407 e. The van der Waals surface area contributed by atoms with E-state index in [1.807, 2.05) is 59.0 Å². The summed E-state index contributed by atoms with van der Waals surface area (Å²) >= 11 is 0. The van der Waals surface area contributed by atoms with Crippen molar-refractivity contribution in [2.75, 3.05) is 57.9 Å². The highest BCUT2D eigenvalue weighted by atomic mass is 16.5. The summed E-state index contributed by atoms with van der Waals surface area (Å²) in [5, 5.41) is 9.21. The second-order valence-corrected chi connectivity index (χ2v) is 11.3. The van der Waals surface area contributed by atoms with Crippen molar-refractivity contribution in [2.45, 2.75) is 19.3 Å². The quantitative estimate of drug-likeness (QED) is 0.290. The molecule has 230 valence electrons. The molecular weight excluding hydrogens is 562 g/mol. The number of imidazole rings is 1. The van der Waals surface area contributed by atoms with Crippen LogP contribution in [0.25, 0.3) is 22.4 Å². The number of aromatic nitrogens is 4. The molecule has 0 radical (unpaired) electrons. The zero-order chi connectivity index (χ0) is 30.6. The molecule has 2 aliphatic rings. The Morgan fingerprint density at radius 3 is 2.55 bits per heavy atom. The predicted molar refractivity (Wildman–Crippen MR) is 165 cm³/mol. The summed E-state index contributed by atoms with van der Waals surface area (Å²) < 4.78 is 13.4. The Bertz CT molecular complexity index is 1610. The van der Waals surface area contributed by atoms with Crippen LogP contribution in [0.1, 0.15) is 18.4 Å². The number of likely N-dealkylation sites (tertiary alicyclic amines) is 1. The van der Waals surface area contributed by atoms with Gasteiger partial charge in [0.05, 0.1) is 48.8 Å². The fourth-order valence-corrected chi connectivity index (χ4v) is 5.89. The monoisotopic (exact) mass is 599 g/mol. The van der Waals surface area contributed by atoms with Gasteiger partial charge in [-0.25, -0.2) is 14.8 Å². The lowest BCUT2D eigenvalue weighted by atomic mass is 10.1. The van der Waals surface area contributed by atoms with Crippen LogP contribution in [0.4, 0.5) is 10.5 Å². The first-order chi connectivity index (χ1) is 21.4. The van der Waals surface area contributed by atoms with E-state index >= 15 is 0 Å². The van der Waals surface area contributed by atoms with Crippen molar-refractivity contribution in [2.24, 2.45) is 13.0 Å². The summed E-state index contributed by atoms with van der Waals surface area (Å²) in [6.07, 6.45) is 4.75. The summed E-state index contributed by atoms with van der Waals surface area (Å²) in [6.45, 7) is 4.04. The third-order valence-corrected chi connectivity index (χ3v) is 8.48. The number of amides is 2. The fourth-order valence-electron chi connectivity index (χ4n) is 5.89. The highest BCUT2D eigenvalue weighted by Crippen LogP contribution is 2.30. The largest absolute Gasteiger partial charge is 0.497 e. The van der Waals surface area contributed by atoms with Gasteiger partial charge in [-0.05, 0) is 54.7 Å². The number of benzene rings is 1. The maximum atomic E-state index is 12.7. The second kappa shape index (κ2) is 12.8. The minimum absolute atomic E-state index is 0.191. The van der Waals surface area contributed by atoms with Crippen molar-refractivity contribution in [3.63, 3.8) is 0 Å². The zero-order valence-electron chi connectivity index (χ0n) is 25.1. The predicted octanol–water partition coefficient (Wildman–Crippen LogP) is 3.70. The average Bonchev–Trinajstić information content (AvgIpc) is 3.61. The summed E-state index contributed by atoms with van der Waals surface area (Å²) in [6, 6.07) is 13.8. The molecule has 6 rings (SSSR count). The SMILES string of the molecule is COc1ccc(CCN2CC(CCOc3nc(-c4ccc(N5CCN(C(=O)O)CC5)cn4)cc4ncn(C)c34)CC2=O)cc1. The first-order valence-electron chi connectivity index (χ1n) is 14.9. The van der Waals surface area contributed by atoms with Crippen LogP contribution in [0.15, 0.2) is 55.0 Å². The molecule has 4 aromatic rings. The lowest BCUT2D eigenvalue weighted by Crippen LogP contribution is -2.48. The molecule has 44 heavy (non-hydrogen) atoms. The first-order valence-corrected chi connectivity index (χ1v) is 14.9. The number of nitrogens with zero attached hydrogens (tertiary/aromatic N) is 7. The normalized spacial score (nSPS) is 17.0. The van der Waals surface area contributed by atoms with Gasteiger partial charge in [-0.3, -0.25) is 9.78 Å². The second-order valence-electron chi connectivity index (χ2n) is 11.3. The molecule has 2 saturated heterocycles. The van der Waals surface area contributed by atoms with Crippen LogP contribution >= 0.6 is 0 Å². The summed E-state index contributed by atoms with van der Waals surface area (Å²) in [4.78, 5) is 43.5. The Hall–Kier alpha value is -4.87. The third kappa shape index (κ3) is 6.38. The van der Waals surface area contributed by atoms with E-state index in [-0.39, 0.29) is 11.8 Å². The van der Waals surface area contributed by atoms with Gasteiger partial charge in [0.15, 0.2) is 0 Å². The number of pyridine rings is 2. The highest BCUT2D eigenvalue weighted by molar-refractivity contribution is 5.84. The van der Waals surface area contributed by atoms with E-state index in [4.69, 9.17) is 14.5 Å². The molecule has 0 spiro atoms. The molecule has 1 atom stereocenters. The van der Waals surface area contributed by atoms with Crippen LogP contribution in [0.2, 0.25) is 0 Å². The minimum atomic E-state index is -0.883. The Balaban J connectivity index is 1.07. The molecule has 0 saturated carbocycles. The molecule has 0 bridgehead atoms. The van der Waals surface area contributed by atoms with Gasteiger partial charge in [-0.15, -0.1) is 0 Å². The van der Waals surface area contributed by atoms with E-state index in [9.17, 15) is 14.7 Å². The number of ether oxygens (including phenoxy) is 2. The van der Waals surface area contributed by atoms with Gasteiger partial charge in [0.2, 0.25) is 11.8 Å². The van der Waals surface area contributed by atoms with Crippen LogP contribution in [-0.2, 0) is 18.3 Å². The summed E-state index contributed by atoms with van der Waals surface area (Å²) in [5.41, 5.74) is 5.06. The number of hydrogen-bond acceptors (Lipinski definition) is 8. The van der Waals surface area contributed by atoms with Crippen molar-refractivity contribution in [3.8, 4) is 23.0 Å². The van der Waals surface area contributed by atoms with Crippen LogP contribution in [-0.4, -0.2) is 99.4 Å². The van der Waals surface area contributed by atoms with Crippen molar-refractivity contribution >= 4 is 28.7 Å². The van der Waals surface area contributed by atoms with Crippen molar-refractivity contribution in [3.05, 3.63) is 60.6 Å². The topological polar surface area (TPSA) is 126 Å². The van der Waals surface area contributed by atoms with Crippen LogP contribution in [0.5, 0.6) is 11.6 Å². The molecule has 2 aliphatic heterocycles. The molecule has 1 aromatic carbocycles. The van der Waals surface area contributed by atoms with E-state index in [0.29, 0.717) is 63.0 Å². The van der Waals surface area contributed by atoms with E-state index in [2.05, 4.69) is 14.9 Å². The summed E-state index contributed by atoms with van der Waals surface area (Å²) in [5.74, 6) is 1.74. The molecule has 2 fully saturated rings. The van der Waals surface area contributed by atoms with Gasteiger partial charge in [0, 0.05) is 52.7 Å². The van der Waals surface area contributed by atoms with Crippen LogP contribution in [0, 0.1) is 5.92 Å². The third-order valence-electron chi connectivity index (χ3n) is 8.48. The average molecular weight is 600 g/mol. The number of carbonyl (C=O) groups excluding carboxylic acids is 1. The maximum Gasteiger partial charge on any atom is 0.407 e. The Morgan fingerprint density at radius 2 is 1.84 bits per heavy atom. The number of hydrogen-bond donors (Lipinski definition) is 1. The zero-order valence-corrected chi connectivity index (χ0v) is 25.1. The van der Waals surface area contributed by atoms with Gasteiger partial charge in [0.25, 0.3) is 0 Å². The van der Waals surface area contributed by atoms with Crippen molar-refractivity contribution < 1.29 is 24.2 Å². The van der Waals surface area contributed by atoms with E-state index in [0.717, 1.165) is 41.9 Å². The highest BCUT2D eigenvalue weighted by Gasteiger charge is 2.29. The van der Waals surface area contributed by atoms with Gasteiger partial charge >= 0.3 is 6.09 Å². The summed E-state index contributed by atoms with van der Waals surface area (Å²) in [7, 11) is 3.57. The fraction of sp³-hybridized carbons (Fsp3) is 0.406. The first kappa shape index (κ1) is 29.2. The lowest BCUT2D eigenvalue weighted by molar-refractivity contribution is -0.127. The van der Waals surface area contributed by atoms with E-state index in [1.54, 1.807) is 19.6 Å². The number of fused-ring (bicyclic) bond motifs is 1. The van der Waals surface area contributed by atoms with Crippen molar-refractivity contribution in [1.82, 2.24) is 29.3 Å². The number of piperazine rings is 1. The number of carboxylic acid groups (broad SMARTS) is 1. The molecule has 1 N–H and O–H groups in total. The molecule has 2 amide bonds. The molecular formula is C32H37N7O5. The Labute approximate surface area is 255 Å². The molecule has 12 nitrogen and oxygen atoms in total. The van der Waals surface area contributed by atoms with Gasteiger partial charge in [-0.2, -0.15) is 0 Å². The van der Waals surface area contributed by atoms with E-state index < -0.39 is 6.09 Å². The van der Waals surface area contributed by atoms with Crippen LogP contribution in [0.3, 0.4) is 0 Å². The molecule has 5 heterocycles. The standard InChI is InChI=1S/C32H37N7O5/c1-36-21-34-28-18-27(26-8-5-24(19-33-26)37-12-14-38(15-13-37)32(41)42)35-31(30(28)36)44-16-10-23-17-29(40)39(20-23)11-9-22-3-6-25(43-2)7-4-22/h3-8,18-19,21,23H,9-17,20H2,1-2H3,(H,41,42). The van der Waals surface area contributed by atoms with Crippen LogP contribution < -0.4 is 14.4 Å². The lowest BCUT2D eigenvalue weighted by Gasteiger charge is -2.34. The molecule has 0 aliphatic carbocycles. The number of carbonyl (C=O) groups is 2. The Kier molecular flexibility index (Phi) is 8.49. The van der Waals surface area contributed by atoms with Gasteiger partial charge < -0.3 is 33.8 Å².